The van der Waals surface area contributed by atoms with Crippen LogP contribution in [0.2, 0.25) is 5.02 Å². The van der Waals surface area contributed by atoms with Gasteiger partial charge < -0.3 is 16.2 Å². The Morgan fingerprint density at radius 3 is 2.52 bits per heavy atom. The molecule has 2 aromatic rings. The molecule has 0 heterocycles. The fourth-order valence-corrected chi connectivity index (χ4v) is 2.32. The summed E-state index contributed by atoms with van der Waals surface area (Å²) in [6.07, 6.45) is 0. The maximum Gasteiger partial charge on any atom is 0.253 e. The Morgan fingerprint density at radius 2 is 1.95 bits per heavy atom. The number of halogens is 1. The molecular weight excluding hydrogens is 288 g/mol. The minimum atomic E-state index is -0.886. The number of benzene rings is 2. The first-order valence-electron chi connectivity index (χ1n) is 6.50. The summed E-state index contributed by atoms with van der Waals surface area (Å²) in [5.41, 5.74) is 6.35. The molecule has 0 bridgehead atoms. The number of hydrogen-bond acceptors (Lipinski definition) is 3. The predicted molar refractivity (Wildman–Crippen MR) is 84.2 cm³/mol. The van der Waals surface area contributed by atoms with Crippen LogP contribution in [0, 0.1) is 0 Å². The highest BCUT2D eigenvalue weighted by molar-refractivity contribution is 6.34. The van der Waals surface area contributed by atoms with E-state index in [2.05, 4.69) is 5.32 Å². The quantitative estimate of drug-likeness (QED) is 0.760. The number of amides is 1. The van der Waals surface area contributed by atoms with E-state index in [1.165, 1.54) is 6.07 Å². The molecular formula is C16H17ClN2O2. The SMILES string of the molecule is CC(CO)(NC(=O)c1ccc(N)cc1Cl)c1ccccc1. The molecule has 0 spiro atoms. The zero-order valence-corrected chi connectivity index (χ0v) is 12.4. The first kappa shape index (κ1) is 15.4. The Bertz CT molecular complexity index is 646. The topological polar surface area (TPSA) is 75.3 Å². The van der Waals surface area contributed by atoms with Crippen LogP contribution >= 0.6 is 11.6 Å². The molecule has 0 aliphatic heterocycles. The van der Waals surface area contributed by atoms with Crippen LogP contribution in [0.3, 0.4) is 0 Å². The van der Waals surface area contributed by atoms with Gasteiger partial charge in [0.2, 0.25) is 0 Å². The number of aliphatic hydroxyl groups excluding tert-OH is 1. The van der Waals surface area contributed by atoms with Crippen molar-refractivity contribution in [3.8, 4) is 0 Å². The summed E-state index contributed by atoms with van der Waals surface area (Å²) in [4.78, 5) is 12.4. The van der Waals surface area contributed by atoms with Crippen molar-refractivity contribution in [2.24, 2.45) is 0 Å². The lowest BCUT2D eigenvalue weighted by molar-refractivity contribution is 0.0850. The first-order valence-corrected chi connectivity index (χ1v) is 6.88. The van der Waals surface area contributed by atoms with Gasteiger partial charge >= 0.3 is 0 Å². The van der Waals surface area contributed by atoms with Gasteiger partial charge in [-0.3, -0.25) is 4.79 Å². The third kappa shape index (κ3) is 3.35. The first-order chi connectivity index (χ1) is 9.96. The van der Waals surface area contributed by atoms with Crippen LogP contribution < -0.4 is 11.1 Å². The molecule has 4 N–H and O–H groups in total. The minimum absolute atomic E-state index is 0.227. The summed E-state index contributed by atoms with van der Waals surface area (Å²) < 4.78 is 0. The molecule has 1 atom stereocenters. The van der Waals surface area contributed by atoms with E-state index >= 15 is 0 Å². The molecule has 0 aliphatic carbocycles. The molecule has 0 aromatic heterocycles. The number of carbonyl (C=O) groups excluding carboxylic acids is 1. The monoisotopic (exact) mass is 304 g/mol. The second-order valence-electron chi connectivity index (χ2n) is 5.05. The molecule has 5 heteroatoms. The van der Waals surface area contributed by atoms with E-state index in [-0.39, 0.29) is 17.5 Å². The van der Waals surface area contributed by atoms with Gasteiger partial charge in [0.15, 0.2) is 0 Å². The van der Waals surface area contributed by atoms with Crippen molar-refractivity contribution < 1.29 is 9.90 Å². The van der Waals surface area contributed by atoms with Crippen molar-refractivity contribution >= 4 is 23.2 Å². The van der Waals surface area contributed by atoms with Crippen LogP contribution in [0.5, 0.6) is 0 Å². The summed E-state index contributed by atoms with van der Waals surface area (Å²) in [7, 11) is 0. The number of nitrogens with two attached hydrogens (primary N) is 1. The molecule has 0 radical (unpaired) electrons. The zero-order valence-electron chi connectivity index (χ0n) is 11.6. The lowest BCUT2D eigenvalue weighted by Gasteiger charge is -2.29. The summed E-state index contributed by atoms with van der Waals surface area (Å²) >= 11 is 6.04. The highest BCUT2D eigenvalue weighted by Crippen LogP contribution is 2.23. The van der Waals surface area contributed by atoms with Gasteiger partial charge in [-0.15, -0.1) is 0 Å². The maximum absolute atomic E-state index is 12.4. The minimum Gasteiger partial charge on any atom is -0.399 e. The Labute approximate surface area is 128 Å². The molecule has 2 aromatic carbocycles. The molecule has 1 amide bonds. The van der Waals surface area contributed by atoms with Crippen LogP contribution in [0.15, 0.2) is 48.5 Å². The number of anilines is 1. The Kier molecular flexibility index (Phi) is 4.50. The van der Waals surface area contributed by atoms with Crippen molar-refractivity contribution in [3.63, 3.8) is 0 Å². The van der Waals surface area contributed by atoms with Gasteiger partial charge in [0, 0.05) is 5.69 Å². The van der Waals surface area contributed by atoms with E-state index in [1.54, 1.807) is 19.1 Å². The van der Waals surface area contributed by atoms with Gasteiger partial charge in [0.05, 0.1) is 22.7 Å². The van der Waals surface area contributed by atoms with Crippen molar-refractivity contribution in [3.05, 3.63) is 64.7 Å². The lowest BCUT2D eigenvalue weighted by Crippen LogP contribution is -2.46. The summed E-state index contributed by atoms with van der Waals surface area (Å²) in [5, 5.41) is 12.8. The second-order valence-corrected chi connectivity index (χ2v) is 5.46. The van der Waals surface area contributed by atoms with E-state index in [0.29, 0.717) is 11.3 Å². The van der Waals surface area contributed by atoms with E-state index in [0.717, 1.165) is 5.56 Å². The highest BCUT2D eigenvalue weighted by atomic mass is 35.5. The average Bonchev–Trinajstić information content (AvgIpc) is 2.47. The van der Waals surface area contributed by atoms with Crippen molar-refractivity contribution in [2.75, 3.05) is 12.3 Å². The number of nitrogen functional groups attached to an aromatic ring is 1. The van der Waals surface area contributed by atoms with Gasteiger partial charge in [0.1, 0.15) is 0 Å². The standard InChI is InChI=1S/C16H17ClN2O2/c1-16(10-20,11-5-3-2-4-6-11)19-15(21)13-8-7-12(18)9-14(13)17/h2-9,20H,10,18H2,1H3,(H,19,21). The highest BCUT2D eigenvalue weighted by Gasteiger charge is 2.28. The summed E-state index contributed by atoms with van der Waals surface area (Å²) in [6.45, 7) is 1.53. The number of carbonyl (C=O) groups is 1. The van der Waals surface area contributed by atoms with Gasteiger partial charge in [0.25, 0.3) is 5.91 Å². The third-order valence-corrected chi connectivity index (χ3v) is 3.67. The van der Waals surface area contributed by atoms with Crippen molar-refractivity contribution in [1.82, 2.24) is 5.32 Å². The molecule has 4 nitrogen and oxygen atoms in total. The van der Waals surface area contributed by atoms with Crippen LogP contribution in [-0.2, 0) is 5.54 Å². The molecule has 0 saturated heterocycles. The largest absolute Gasteiger partial charge is 0.399 e. The second kappa shape index (κ2) is 6.16. The van der Waals surface area contributed by atoms with Crippen LogP contribution in [0.4, 0.5) is 5.69 Å². The van der Waals surface area contributed by atoms with Crippen molar-refractivity contribution in [2.45, 2.75) is 12.5 Å². The molecule has 0 saturated carbocycles. The maximum atomic E-state index is 12.4. The Balaban J connectivity index is 2.28. The fraction of sp³-hybridized carbons (Fsp3) is 0.188. The summed E-state index contributed by atoms with van der Waals surface area (Å²) in [6, 6.07) is 14.0. The lowest BCUT2D eigenvalue weighted by atomic mass is 9.92. The normalized spacial score (nSPS) is 13.5. The van der Waals surface area contributed by atoms with Crippen LogP contribution in [0.1, 0.15) is 22.8 Å². The van der Waals surface area contributed by atoms with Gasteiger partial charge in [-0.1, -0.05) is 41.9 Å². The van der Waals surface area contributed by atoms with Crippen LogP contribution in [0.25, 0.3) is 0 Å². The third-order valence-electron chi connectivity index (χ3n) is 3.35. The molecule has 110 valence electrons. The fourth-order valence-electron chi connectivity index (χ4n) is 2.04. The molecule has 21 heavy (non-hydrogen) atoms. The number of hydrogen-bond donors (Lipinski definition) is 3. The number of rotatable bonds is 4. The summed E-state index contributed by atoms with van der Waals surface area (Å²) in [5.74, 6) is -0.361. The average molecular weight is 305 g/mol. The van der Waals surface area contributed by atoms with Gasteiger partial charge in [-0.2, -0.15) is 0 Å². The smallest absolute Gasteiger partial charge is 0.253 e. The van der Waals surface area contributed by atoms with E-state index < -0.39 is 5.54 Å². The van der Waals surface area contributed by atoms with E-state index in [4.69, 9.17) is 17.3 Å². The Morgan fingerprint density at radius 1 is 1.29 bits per heavy atom. The van der Waals surface area contributed by atoms with Gasteiger partial charge in [-0.25, -0.2) is 0 Å². The molecule has 2 rings (SSSR count). The van der Waals surface area contributed by atoms with E-state index in [9.17, 15) is 9.90 Å². The Hall–Kier alpha value is -2.04. The molecule has 0 aliphatic rings. The number of aliphatic hydroxyl groups is 1. The number of nitrogens with one attached hydrogen (secondary N) is 1. The molecule has 1 unspecified atom stereocenters. The predicted octanol–water partition coefficient (Wildman–Crippen LogP) is 2.56. The zero-order chi connectivity index (χ0) is 15.5. The van der Waals surface area contributed by atoms with E-state index in [1.807, 2.05) is 30.3 Å². The molecule has 0 fully saturated rings. The van der Waals surface area contributed by atoms with Crippen molar-refractivity contribution in [1.29, 1.82) is 0 Å². The van der Waals surface area contributed by atoms with Crippen LogP contribution in [-0.4, -0.2) is 17.6 Å². The van der Waals surface area contributed by atoms with Gasteiger partial charge in [-0.05, 0) is 30.7 Å².